The number of carbonyl (C=O) groups excluding carboxylic acids is 1. The van der Waals surface area contributed by atoms with Crippen LogP contribution in [0.1, 0.15) is 26.7 Å². The summed E-state index contributed by atoms with van der Waals surface area (Å²) in [6, 6.07) is 5.94. The maximum atomic E-state index is 13.7. The molecule has 1 fully saturated rings. The summed E-state index contributed by atoms with van der Waals surface area (Å²) in [6.07, 6.45) is 0.131. The fourth-order valence-corrected chi connectivity index (χ4v) is 2.92. The summed E-state index contributed by atoms with van der Waals surface area (Å²) in [5.74, 6) is -2.11. The zero-order valence-corrected chi connectivity index (χ0v) is 13.4. The van der Waals surface area contributed by atoms with Gasteiger partial charge in [0.1, 0.15) is 0 Å². The lowest BCUT2D eigenvalue weighted by molar-refractivity contribution is -0.149. The Balaban J connectivity index is 2.10. The van der Waals surface area contributed by atoms with Crippen LogP contribution in [0.4, 0.5) is 4.39 Å². The minimum absolute atomic E-state index is 0.0348. The Hall–Kier alpha value is -2.11. The van der Waals surface area contributed by atoms with E-state index in [0.29, 0.717) is 19.4 Å². The third-order valence-corrected chi connectivity index (χ3v) is 4.07. The Labute approximate surface area is 135 Å². The molecule has 0 bridgehead atoms. The number of carboxylic acids is 1. The van der Waals surface area contributed by atoms with Crippen LogP contribution >= 0.6 is 0 Å². The lowest BCUT2D eigenvalue weighted by Gasteiger charge is -2.36. The van der Waals surface area contributed by atoms with Gasteiger partial charge in [-0.25, -0.2) is 4.39 Å². The molecule has 0 radical (unpaired) electrons. The fraction of sp³-hybridized carbons (Fsp3) is 0.529. The number of nitrogens with zero attached hydrogens (tertiary/aromatic N) is 1. The van der Waals surface area contributed by atoms with Gasteiger partial charge in [0, 0.05) is 13.1 Å². The summed E-state index contributed by atoms with van der Waals surface area (Å²) in [5.41, 5.74) is 0. The summed E-state index contributed by atoms with van der Waals surface area (Å²) in [5, 5.41) is 9.20. The molecule has 0 aliphatic carbocycles. The highest BCUT2D eigenvalue weighted by molar-refractivity contribution is 5.82. The van der Waals surface area contributed by atoms with Crippen molar-refractivity contribution in [2.24, 2.45) is 11.8 Å². The van der Waals surface area contributed by atoms with Crippen molar-refractivity contribution >= 4 is 11.9 Å². The van der Waals surface area contributed by atoms with Crippen molar-refractivity contribution in [3.63, 3.8) is 0 Å². The van der Waals surface area contributed by atoms with Crippen molar-refractivity contribution in [3.05, 3.63) is 30.1 Å². The van der Waals surface area contributed by atoms with E-state index in [1.807, 2.05) is 6.92 Å². The summed E-state index contributed by atoms with van der Waals surface area (Å²) < 4.78 is 19.2. The van der Waals surface area contributed by atoms with Crippen molar-refractivity contribution in [3.8, 4) is 5.75 Å². The minimum atomic E-state index is -0.891. The predicted octanol–water partition coefficient (Wildman–Crippen LogP) is 2.55. The van der Waals surface area contributed by atoms with Crippen LogP contribution in [0.15, 0.2) is 24.3 Å². The van der Waals surface area contributed by atoms with Gasteiger partial charge in [0.25, 0.3) is 5.91 Å². The van der Waals surface area contributed by atoms with E-state index in [9.17, 15) is 19.1 Å². The molecule has 23 heavy (non-hydrogen) atoms. The lowest BCUT2D eigenvalue weighted by Crippen LogP contribution is -2.50. The molecule has 0 aromatic heterocycles. The molecule has 0 saturated carbocycles. The third-order valence-electron chi connectivity index (χ3n) is 4.07. The van der Waals surface area contributed by atoms with E-state index in [1.165, 1.54) is 17.0 Å². The van der Waals surface area contributed by atoms with Gasteiger partial charge in [-0.15, -0.1) is 0 Å². The van der Waals surface area contributed by atoms with Crippen LogP contribution in [0, 0.1) is 17.7 Å². The van der Waals surface area contributed by atoms with Gasteiger partial charge in [-0.05, 0) is 30.9 Å². The number of piperidine rings is 1. The standard InChI is InChI=1S/C17H22FNO4/c1-3-14(23-15-7-5-4-6-13(15)18)16(20)19-9-11(2)8-12(10-19)17(21)22/h4-7,11-12,14H,3,8-10H2,1-2H3,(H,21,22). The molecule has 5 nitrogen and oxygen atoms in total. The van der Waals surface area contributed by atoms with Crippen molar-refractivity contribution in [1.82, 2.24) is 4.90 Å². The molecule has 1 aromatic carbocycles. The van der Waals surface area contributed by atoms with E-state index >= 15 is 0 Å². The molecule has 1 heterocycles. The Morgan fingerprint density at radius 3 is 2.70 bits per heavy atom. The molecule has 1 aromatic rings. The zero-order valence-electron chi connectivity index (χ0n) is 13.4. The highest BCUT2D eigenvalue weighted by Gasteiger charge is 2.35. The third kappa shape index (κ3) is 4.21. The second kappa shape index (κ2) is 7.44. The SMILES string of the molecule is CCC(Oc1ccccc1F)C(=O)N1CC(C)CC(C(=O)O)C1. The maximum Gasteiger partial charge on any atom is 0.308 e. The quantitative estimate of drug-likeness (QED) is 0.904. The number of carboxylic acid groups (broad SMARTS) is 1. The van der Waals surface area contributed by atoms with Crippen LogP contribution in [0.25, 0.3) is 0 Å². The molecule has 1 amide bonds. The number of hydrogen-bond acceptors (Lipinski definition) is 3. The molecule has 1 saturated heterocycles. The van der Waals surface area contributed by atoms with Gasteiger partial charge in [0.2, 0.25) is 0 Å². The number of hydrogen-bond donors (Lipinski definition) is 1. The number of benzene rings is 1. The second-order valence-electron chi connectivity index (χ2n) is 6.06. The van der Waals surface area contributed by atoms with Crippen LogP contribution in [0.5, 0.6) is 5.75 Å². The van der Waals surface area contributed by atoms with E-state index in [2.05, 4.69) is 0 Å². The molecule has 126 valence electrons. The molecule has 1 aliphatic rings. The smallest absolute Gasteiger partial charge is 0.308 e. The van der Waals surface area contributed by atoms with E-state index in [-0.39, 0.29) is 24.1 Å². The molecule has 0 spiro atoms. The molecular formula is C17H22FNO4. The van der Waals surface area contributed by atoms with Crippen molar-refractivity contribution in [2.45, 2.75) is 32.8 Å². The van der Waals surface area contributed by atoms with Gasteiger partial charge < -0.3 is 14.7 Å². The molecule has 3 atom stereocenters. The monoisotopic (exact) mass is 323 g/mol. The zero-order chi connectivity index (χ0) is 17.0. The number of ether oxygens (including phenoxy) is 1. The van der Waals surface area contributed by atoms with Crippen LogP contribution < -0.4 is 4.74 Å². The first kappa shape index (κ1) is 17.2. The average molecular weight is 323 g/mol. The highest BCUT2D eigenvalue weighted by atomic mass is 19.1. The summed E-state index contributed by atoms with van der Waals surface area (Å²) in [7, 11) is 0. The summed E-state index contributed by atoms with van der Waals surface area (Å²) in [6.45, 7) is 4.38. The number of rotatable bonds is 5. The minimum Gasteiger partial charge on any atom is -0.481 e. The van der Waals surface area contributed by atoms with E-state index in [0.717, 1.165) is 0 Å². The predicted molar refractivity (Wildman–Crippen MR) is 82.6 cm³/mol. The molecule has 1 aliphatic heterocycles. The van der Waals surface area contributed by atoms with Gasteiger partial charge in [0.15, 0.2) is 17.7 Å². The molecule has 3 unspecified atom stereocenters. The van der Waals surface area contributed by atoms with Gasteiger partial charge >= 0.3 is 5.97 Å². The first-order chi connectivity index (χ1) is 10.9. The summed E-state index contributed by atoms with van der Waals surface area (Å²) in [4.78, 5) is 25.4. The number of carbonyl (C=O) groups is 2. The number of aliphatic carboxylic acids is 1. The highest BCUT2D eigenvalue weighted by Crippen LogP contribution is 2.24. The number of amides is 1. The molecule has 6 heteroatoms. The number of para-hydroxylation sites is 1. The van der Waals surface area contributed by atoms with Crippen LogP contribution in [-0.2, 0) is 9.59 Å². The molecule has 1 N–H and O–H groups in total. The van der Waals surface area contributed by atoms with E-state index in [4.69, 9.17) is 4.74 Å². The molecule has 2 rings (SSSR count). The number of likely N-dealkylation sites (tertiary alicyclic amines) is 1. The second-order valence-corrected chi connectivity index (χ2v) is 6.06. The van der Waals surface area contributed by atoms with Gasteiger partial charge in [-0.2, -0.15) is 0 Å². The first-order valence-electron chi connectivity index (χ1n) is 7.85. The largest absolute Gasteiger partial charge is 0.481 e. The first-order valence-corrected chi connectivity index (χ1v) is 7.85. The topological polar surface area (TPSA) is 66.8 Å². The lowest BCUT2D eigenvalue weighted by atomic mass is 9.90. The van der Waals surface area contributed by atoms with Gasteiger partial charge in [-0.1, -0.05) is 26.0 Å². The Morgan fingerprint density at radius 1 is 1.39 bits per heavy atom. The summed E-state index contributed by atoms with van der Waals surface area (Å²) >= 11 is 0. The Morgan fingerprint density at radius 2 is 2.09 bits per heavy atom. The van der Waals surface area contributed by atoms with E-state index < -0.39 is 23.8 Å². The molecular weight excluding hydrogens is 301 g/mol. The maximum absolute atomic E-state index is 13.7. The van der Waals surface area contributed by atoms with Crippen molar-refractivity contribution in [2.75, 3.05) is 13.1 Å². The van der Waals surface area contributed by atoms with Gasteiger partial charge in [0.05, 0.1) is 5.92 Å². The van der Waals surface area contributed by atoms with Crippen molar-refractivity contribution < 1.29 is 23.8 Å². The van der Waals surface area contributed by atoms with Gasteiger partial charge in [-0.3, -0.25) is 9.59 Å². The Bertz CT molecular complexity index is 577. The van der Waals surface area contributed by atoms with Crippen LogP contribution in [0.2, 0.25) is 0 Å². The van der Waals surface area contributed by atoms with Crippen LogP contribution in [0.3, 0.4) is 0 Å². The number of halogens is 1. The van der Waals surface area contributed by atoms with E-state index in [1.54, 1.807) is 19.1 Å². The van der Waals surface area contributed by atoms with Crippen molar-refractivity contribution in [1.29, 1.82) is 0 Å². The fourth-order valence-electron chi connectivity index (χ4n) is 2.92. The van der Waals surface area contributed by atoms with Crippen LogP contribution in [-0.4, -0.2) is 41.1 Å². The normalized spacial score (nSPS) is 22.5. The Kier molecular flexibility index (Phi) is 5.58. The average Bonchev–Trinajstić information content (AvgIpc) is 2.53.